The van der Waals surface area contributed by atoms with E-state index in [0.29, 0.717) is 0 Å². The number of hydrogen-bond acceptors (Lipinski definition) is 8. The van der Waals surface area contributed by atoms with Gasteiger partial charge in [0.15, 0.2) is 6.61 Å². The smallest absolute Gasteiger partial charge is 0.268 e. The average Bonchev–Trinajstić information content (AvgIpc) is 3.23. The summed E-state index contributed by atoms with van der Waals surface area (Å²) in [5, 5.41) is 28.9. The maximum atomic E-state index is 12.9. The van der Waals surface area contributed by atoms with Crippen molar-refractivity contribution in [1.29, 1.82) is 0 Å². The zero-order valence-electron chi connectivity index (χ0n) is 21.9. The van der Waals surface area contributed by atoms with E-state index in [-0.39, 0.29) is 12.1 Å². The Balaban J connectivity index is 2.18. The first-order valence-corrected chi connectivity index (χ1v) is 11.6. The van der Waals surface area contributed by atoms with E-state index in [1.54, 1.807) is 6.20 Å². The number of ether oxygens (including phenoxy) is 1. The standard InChI is InChI=1S/C25H38N4O7/c1-15(30)22(32)21(23(34-6)25(2,3)4)28-36-14-20(31)27-19(24(33)29(5)35-7)12-16-13-26-18-11-9-8-10-17(16)18/h8-11,13,15,19,22-23,26,30,32H,12,14H2,1-7H3,(H,27,31)/b28-21+/t15?,19-,22?,23+/m0/s1. The van der Waals surface area contributed by atoms with Gasteiger partial charge in [-0.3, -0.25) is 14.4 Å². The van der Waals surface area contributed by atoms with E-state index in [1.807, 2.05) is 45.0 Å². The second-order valence-electron chi connectivity index (χ2n) is 9.66. The Labute approximate surface area is 211 Å². The summed E-state index contributed by atoms with van der Waals surface area (Å²) in [5.41, 5.74) is 1.34. The number of rotatable bonds is 12. The number of oxime groups is 1. The van der Waals surface area contributed by atoms with E-state index in [4.69, 9.17) is 14.4 Å². The van der Waals surface area contributed by atoms with Crippen LogP contribution >= 0.6 is 0 Å². The predicted octanol–water partition coefficient (Wildman–Crippen LogP) is 1.39. The number of H-pyrrole nitrogens is 1. The molecule has 2 unspecified atom stereocenters. The van der Waals surface area contributed by atoms with Gasteiger partial charge in [0.2, 0.25) is 0 Å². The van der Waals surface area contributed by atoms with Gasteiger partial charge < -0.3 is 30.1 Å². The molecule has 2 amide bonds. The summed E-state index contributed by atoms with van der Waals surface area (Å²) in [6.07, 6.45) is -1.16. The summed E-state index contributed by atoms with van der Waals surface area (Å²) in [5.74, 6) is -1.05. The van der Waals surface area contributed by atoms with Crippen molar-refractivity contribution >= 4 is 28.4 Å². The quantitative estimate of drug-likeness (QED) is 0.251. The molecule has 11 heteroatoms. The number of aromatic nitrogens is 1. The topological polar surface area (TPSA) is 146 Å². The number of aromatic amines is 1. The molecule has 0 aliphatic carbocycles. The Morgan fingerprint density at radius 2 is 1.86 bits per heavy atom. The van der Waals surface area contributed by atoms with Crippen LogP contribution in [0.3, 0.4) is 0 Å². The van der Waals surface area contributed by atoms with Crippen LogP contribution in [0.1, 0.15) is 33.3 Å². The van der Waals surface area contributed by atoms with Crippen LogP contribution in [0.25, 0.3) is 10.9 Å². The van der Waals surface area contributed by atoms with Crippen molar-refractivity contribution in [3.8, 4) is 0 Å². The largest absolute Gasteiger partial charge is 0.390 e. The third-order valence-corrected chi connectivity index (χ3v) is 5.73. The fourth-order valence-electron chi connectivity index (χ4n) is 3.85. The second kappa shape index (κ2) is 12.8. The van der Waals surface area contributed by atoms with Crippen molar-refractivity contribution in [3.63, 3.8) is 0 Å². The molecule has 4 N–H and O–H groups in total. The van der Waals surface area contributed by atoms with Crippen LogP contribution < -0.4 is 5.32 Å². The molecule has 0 bridgehead atoms. The Morgan fingerprint density at radius 1 is 1.19 bits per heavy atom. The molecule has 0 aliphatic heterocycles. The summed E-state index contributed by atoms with van der Waals surface area (Å²) < 4.78 is 5.48. The molecule has 2 aromatic rings. The minimum atomic E-state index is -1.36. The van der Waals surface area contributed by atoms with Crippen molar-refractivity contribution in [2.45, 2.75) is 58.5 Å². The summed E-state index contributed by atoms with van der Waals surface area (Å²) in [6.45, 7) is 6.53. The monoisotopic (exact) mass is 506 g/mol. The summed E-state index contributed by atoms with van der Waals surface area (Å²) >= 11 is 0. The zero-order chi connectivity index (χ0) is 27.0. The molecule has 1 aromatic carbocycles. The van der Waals surface area contributed by atoms with Crippen LogP contribution in [-0.4, -0.2) is 90.0 Å². The molecule has 0 fully saturated rings. The molecule has 0 aliphatic rings. The highest BCUT2D eigenvalue weighted by Gasteiger charge is 2.36. The van der Waals surface area contributed by atoms with Crippen LogP contribution in [0.5, 0.6) is 0 Å². The number of fused-ring (bicyclic) bond motifs is 1. The van der Waals surface area contributed by atoms with Gasteiger partial charge in [0.25, 0.3) is 11.8 Å². The average molecular weight is 507 g/mol. The number of benzene rings is 1. The van der Waals surface area contributed by atoms with E-state index in [2.05, 4.69) is 15.5 Å². The molecule has 36 heavy (non-hydrogen) atoms. The highest BCUT2D eigenvalue weighted by molar-refractivity contribution is 5.93. The molecule has 4 atom stereocenters. The van der Waals surface area contributed by atoms with Gasteiger partial charge in [-0.25, -0.2) is 5.06 Å². The zero-order valence-corrected chi connectivity index (χ0v) is 21.9. The highest BCUT2D eigenvalue weighted by atomic mass is 16.7. The van der Waals surface area contributed by atoms with Gasteiger partial charge in [-0.2, -0.15) is 0 Å². The van der Waals surface area contributed by atoms with Gasteiger partial charge in [0, 0.05) is 37.7 Å². The minimum Gasteiger partial charge on any atom is -0.390 e. The number of aliphatic hydroxyl groups excluding tert-OH is 2. The number of nitrogens with zero attached hydrogens (tertiary/aromatic N) is 2. The van der Waals surface area contributed by atoms with Crippen molar-refractivity contribution < 1.29 is 34.2 Å². The lowest BCUT2D eigenvalue weighted by molar-refractivity contribution is -0.171. The van der Waals surface area contributed by atoms with E-state index >= 15 is 0 Å². The number of methoxy groups -OCH3 is 1. The molecule has 1 aromatic heterocycles. The second-order valence-corrected chi connectivity index (χ2v) is 9.66. The fraction of sp³-hybridized carbons (Fsp3) is 0.560. The lowest BCUT2D eigenvalue weighted by atomic mass is 9.83. The first kappa shape index (κ1) is 29.2. The number of carbonyl (C=O) groups excluding carboxylic acids is 2. The number of nitrogens with one attached hydrogen (secondary N) is 2. The van der Waals surface area contributed by atoms with Crippen LogP contribution in [-0.2, 0) is 30.4 Å². The van der Waals surface area contributed by atoms with E-state index in [0.717, 1.165) is 21.5 Å². The van der Waals surface area contributed by atoms with Gasteiger partial charge in [-0.05, 0) is 24.0 Å². The Hall–Kier alpha value is -2.99. The van der Waals surface area contributed by atoms with E-state index in [9.17, 15) is 19.8 Å². The third kappa shape index (κ3) is 7.50. The van der Waals surface area contributed by atoms with Crippen molar-refractivity contribution in [1.82, 2.24) is 15.4 Å². The van der Waals surface area contributed by atoms with E-state index in [1.165, 1.54) is 28.2 Å². The van der Waals surface area contributed by atoms with E-state index < -0.39 is 48.2 Å². The molecule has 0 radical (unpaired) electrons. The normalized spacial score (nSPS) is 15.8. The molecule has 200 valence electrons. The highest BCUT2D eigenvalue weighted by Crippen LogP contribution is 2.25. The first-order valence-electron chi connectivity index (χ1n) is 11.6. The summed E-state index contributed by atoms with van der Waals surface area (Å²) in [4.78, 5) is 39.0. The molecule has 0 saturated heterocycles. The lowest BCUT2D eigenvalue weighted by Gasteiger charge is -2.32. The maximum Gasteiger partial charge on any atom is 0.268 e. The maximum absolute atomic E-state index is 12.9. The molecular weight excluding hydrogens is 468 g/mol. The molecule has 0 spiro atoms. The predicted molar refractivity (Wildman–Crippen MR) is 135 cm³/mol. The van der Waals surface area contributed by atoms with Crippen LogP contribution in [0, 0.1) is 5.41 Å². The molecule has 1 heterocycles. The fourth-order valence-corrected chi connectivity index (χ4v) is 3.85. The first-order chi connectivity index (χ1) is 16.9. The lowest BCUT2D eigenvalue weighted by Crippen LogP contribution is -2.49. The SMILES string of the molecule is CO[C@H](/C(=N/OCC(=O)N[C@@H](Cc1c[nH]c2ccccc12)C(=O)N(C)OC)C(O)C(C)O)C(C)(C)C. The number of amides is 2. The summed E-state index contributed by atoms with van der Waals surface area (Å²) in [6, 6.07) is 6.72. The van der Waals surface area contributed by atoms with Crippen LogP contribution in [0.4, 0.5) is 0 Å². The third-order valence-electron chi connectivity index (χ3n) is 5.73. The Bertz CT molecular complexity index is 1040. The van der Waals surface area contributed by atoms with Gasteiger partial charge in [0.1, 0.15) is 24.0 Å². The molecule has 2 rings (SSSR count). The summed E-state index contributed by atoms with van der Waals surface area (Å²) in [7, 11) is 4.27. The number of para-hydroxylation sites is 1. The van der Waals surface area contributed by atoms with Gasteiger partial charge in [-0.1, -0.05) is 44.1 Å². The number of likely N-dealkylation sites (N-methyl/N-ethyl adjacent to an activating group) is 1. The molecular formula is C25H38N4O7. The molecule has 0 saturated carbocycles. The van der Waals surface area contributed by atoms with Gasteiger partial charge in [-0.15, -0.1) is 0 Å². The number of hydroxylamine groups is 2. The van der Waals surface area contributed by atoms with Gasteiger partial charge in [0.05, 0.1) is 13.2 Å². The number of aliphatic hydroxyl groups is 2. The Morgan fingerprint density at radius 3 is 2.44 bits per heavy atom. The number of carbonyl (C=O) groups is 2. The van der Waals surface area contributed by atoms with Crippen molar-refractivity contribution in [3.05, 3.63) is 36.0 Å². The Kier molecular flexibility index (Phi) is 10.4. The van der Waals surface area contributed by atoms with Gasteiger partial charge >= 0.3 is 0 Å². The minimum absolute atomic E-state index is 0.0540. The van der Waals surface area contributed by atoms with Crippen LogP contribution in [0.15, 0.2) is 35.6 Å². The number of hydrogen-bond donors (Lipinski definition) is 4. The van der Waals surface area contributed by atoms with Crippen molar-refractivity contribution in [2.75, 3.05) is 27.9 Å². The molecule has 11 nitrogen and oxygen atoms in total. The van der Waals surface area contributed by atoms with Crippen molar-refractivity contribution in [2.24, 2.45) is 10.6 Å². The van der Waals surface area contributed by atoms with Crippen LogP contribution in [0.2, 0.25) is 0 Å².